The largest absolute Gasteiger partial charge is 0.444 e. The number of carbonyl (C=O) groups is 1. The smallest absolute Gasteiger partial charge is 0.407 e. The number of carbonyl (C=O) groups excluding carboxylic acids is 1. The quantitative estimate of drug-likeness (QED) is 0.907. The van der Waals surface area contributed by atoms with Gasteiger partial charge in [-0.3, -0.25) is 0 Å². The molecular formula is C16H22FN3O3. The number of rotatable bonds is 4. The van der Waals surface area contributed by atoms with E-state index < -0.39 is 17.5 Å². The first kappa shape index (κ1) is 17.2. The molecule has 0 bridgehead atoms. The van der Waals surface area contributed by atoms with Crippen LogP contribution >= 0.6 is 0 Å². The number of amides is 1. The summed E-state index contributed by atoms with van der Waals surface area (Å²) in [5.41, 5.74) is 0.605. The third kappa shape index (κ3) is 4.19. The van der Waals surface area contributed by atoms with Gasteiger partial charge in [0.25, 0.3) is 0 Å². The zero-order valence-corrected chi connectivity index (χ0v) is 13.8. The minimum Gasteiger partial charge on any atom is -0.444 e. The van der Waals surface area contributed by atoms with E-state index in [0.29, 0.717) is 23.3 Å². The van der Waals surface area contributed by atoms with Gasteiger partial charge in [0, 0.05) is 17.6 Å². The zero-order chi connectivity index (χ0) is 17.2. The van der Waals surface area contributed by atoms with E-state index in [0.717, 1.165) is 6.20 Å². The average Bonchev–Trinajstić information content (AvgIpc) is 2.80. The highest BCUT2D eigenvalue weighted by atomic mass is 19.1. The Labute approximate surface area is 134 Å². The van der Waals surface area contributed by atoms with E-state index in [1.807, 2.05) is 6.92 Å². The lowest BCUT2D eigenvalue weighted by Crippen LogP contribution is -2.35. The maximum atomic E-state index is 13.3. The zero-order valence-electron chi connectivity index (χ0n) is 13.8. The average molecular weight is 323 g/mol. The molecule has 1 amide bonds. The van der Waals surface area contributed by atoms with Gasteiger partial charge in [0.2, 0.25) is 0 Å². The van der Waals surface area contributed by atoms with E-state index in [1.54, 1.807) is 31.4 Å². The molecule has 6 nitrogen and oxygen atoms in total. The predicted molar refractivity (Wildman–Crippen MR) is 84.6 cm³/mol. The Balaban J connectivity index is 2.17. The first-order chi connectivity index (χ1) is 10.7. The molecule has 0 aliphatic carbocycles. The maximum Gasteiger partial charge on any atom is 0.407 e. The maximum absolute atomic E-state index is 13.3. The minimum atomic E-state index is -0.567. The van der Waals surface area contributed by atoms with Gasteiger partial charge in [0.05, 0.1) is 18.8 Å². The van der Waals surface area contributed by atoms with Gasteiger partial charge in [-0.1, -0.05) is 0 Å². The van der Waals surface area contributed by atoms with Crippen molar-refractivity contribution in [2.75, 3.05) is 6.54 Å². The van der Waals surface area contributed by atoms with Crippen LogP contribution in [0.4, 0.5) is 9.18 Å². The molecule has 126 valence electrons. The van der Waals surface area contributed by atoms with Gasteiger partial charge in [0.1, 0.15) is 17.1 Å². The molecular weight excluding hydrogens is 301 g/mol. The number of ether oxygens (including phenoxy) is 1. The molecule has 0 aliphatic rings. The van der Waals surface area contributed by atoms with Gasteiger partial charge in [0.15, 0.2) is 0 Å². The molecule has 0 spiro atoms. The Bertz CT molecular complexity index is 706. The second-order valence-corrected chi connectivity index (χ2v) is 6.46. The highest BCUT2D eigenvalue weighted by Gasteiger charge is 2.19. The first-order valence-corrected chi connectivity index (χ1v) is 7.44. The second-order valence-electron chi connectivity index (χ2n) is 6.46. The van der Waals surface area contributed by atoms with Crippen molar-refractivity contribution in [2.24, 2.45) is 0 Å². The summed E-state index contributed by atoms with van der Waals surface area (Å²) in [7, 11) is 0. The normalized spacial score (nSPS) is 13.1. The molecule has 2 N–H and O–H groups in total. The van der Waals surface area contributed by atoms with Gasteiger partial charge in [-0.05, 0) is 39.8 Å². The number of halogens is 1. The van der Waals surface area contributed by atoms with Crippen LogP contribution in [0.2, 0.25) is 0 Å². The van der Waals surface area contributed by atoms with Crippen LogP contribution < -0.4 is 5.32 Å². The Kier molecular flexibility index (Phi) is 4.89. The van der Waals surface area contributed by atoms with Gasteiger partial charge >= 0.3 is 6.09 Å². The lowest BCUT2D eigenvalue weighted by Gasteiger charge is -2.22. The number of nitrogens with zero attached hydrogens (tertiary/aromatic N) is 2. The predicted octanol–water partition coefficient (Wildman–Crippen LogP) is 2.75. The molecule has 2 heterocycles. The monoisotopic (exact) mass is 323 g/mol. The minimum absolute atomic E-state index is 0.180. The standard InChI is InChI=1S/C16H22FN3O3/c1-10(7-19-15(22)23-16(2,3)4)20-13(9-21)6-11-5-12(17)8-18-14(11)20/h5-6,8,10,21H,7,9H2,1-4H3,(H,19,22). The number of aliphatic hydroxyl groups excluding tert-OH is 1. The topological polar surface area (TPSA) is 76.4 Å². The molecule has 7 heteroatoms. The number of hydrogen-bond donors (Lipinski definition) is 2. The Morgan fingerprint density at radius 3 is 2.78 bits per heavy atom. The van der Waals surface area contributed by atoms with Crippen molar-refractivity contribution in [3.8, 4) is 0 Å². The molecule has 2 aromatic heterocycles. The number of pyridine rings is 1. The lowest BCUT2D eigenvalue weighted by molar-refractivity contribution is 0.0521. The van der Waals surface area contributed by atoms with Crippen LogP contribution in [0.15, 0.2) is 18.3 Å². The number of nitrogens with one attached hydrogen (secondary N) is 1. The van der Waals surface area contributed by atoms with Crippen LogP contribution in [-0.4, -0.2) is 32.9 Å². The third-order valence-corrected chi connectivity index (χ3v) is 3.26. The molecule has 0 saturated carbocycles. The van der Waals surface area contributed by atoms with Crippen molar-refractivity contribution in [3.05, 3.63) is 29.8 Å². The van der Waals surface area contributed by atoms with Crippen molar-refractivity contribution < 1.29 is 19.0 Å². The number of alkyl carbamates (subject to hydrolysis) is 1. The first-order valence-electron chi connectivity index (χ1n) is 7.44. The number of fused-ring (bicyclic) bond motifs is 1. The molecule has 0 saturated heterocycles. The third-order valence-electron chi connectivity index (χ3n) is 3.26. The summed E-state index contributed by atoms with van der Waals surface area (Å²) >= 11 is 0. The van der Waals surface area contributed by atoms with E-state index in [9.17, 15) is 14.3 Å². The van der Waals surface area contributed by atoms with Crippen molar-refractivity contribution >= 4 is 17.1 Å². The molecule has 2 aromatic rings. The van der Waals surface area contributed by atoms with Crippen LogP contribution in [0.3, 0.4) is 0 Å². The van der Waals surface area contributed by atoms with E-state index >= 15 is 0 Å². The fourth-order valence-corrected chi connectivity index (χ4v) is 2.39. The summed E-state index contributed by atoms with van der Waals surface area (Å²) in [5.74, 6) is -0.432. The van der Waals surface area contributed by atoms with E-state index in [2.05, 4.69) is 10.3 Å². The number of aromatic nitrogens is 2. The van der Waals surface area contributed by atoms with Crippen molar-refractivity contribution in [2.45, 2.75) is 45.9 Å². The van der Waals surface area contributed by atoms with Crippen molar-refractivity contribution in [3.63, 3.8) is 0 Å². The molecule has 2 rings (SSSR count). The summed E-state index contributed by atoms with van der Waals surface area (Å²) in [6.07, 6.45) is 0.624. The summed E-state index contributed by atoms with van der Waals surface area (Å²) in [6.45, 7) is 7.34. The van der Waals surface area contributed by atoms with Crippen LogP contribution in [0, 0.1) is 5.82 Å². The molecule has 1 atom stereocenters. The molecule has 1 unspecified atom stereocenters. The molecule has 0 radical (unpaired) electrons. The Morgan fingerprint density at radius 2 is 2.17 bits per heavy atom. The fourth-order valence-electron chi connectivity index (χ4n) is 2.39. The highest BCUT2D eigenvalue weighted by molar-refractivity contribution is 5.77. The van der Waals surface area contributed by atoms with Gasteiger partial charge in [-0.15, -0.1) is 0 Å². The van der Waals surface area contributed by atoms with E-state index in [-0.39, 0.29) is 12.6 Å². The number of hydrogen-bond acceptors (Lipinski definition) is 4. The molecule has 0 aliphatic heterocycles. The van der Waals surface area contributed by atoms with Crippen molar-refractivity contribution in [1.29, 1.82) is 0 Å². The second kappa shape index (κ2) is 6.54. The van der Waals surface area contributed by atoms with Crippen molar-refractivity contribution in [1.82, 2.24) is 14.9 Å². The van der Waals surface area contributed by atoms with Gasteiger partial charge < -0.3 is 19.7 Å². The van der Waals surface area contributed by atoms with E-state index in [1.165, 1.54) is 6.07 Å². The van der Waals surface area contributed by atoms with E-state index in [4.69, 9.17) is 4.74 Å². The molecule has 0 aromatic carbocycles. The van der Waals surface area contributed by atoms with Gasteiger partial charge in [-0.25, -0.2) is 14.2 Å². The van der Waals surface area contributed by atoms with Crippen LogP contribution in [0.1, 0.15) is 39.4 Å². The Morgan fingerprint density at radius 1 is 1.48 bits per heavy atom. The van der Waals surface area contributed by atoms with Crippen LogP contribution in [0.25, 0.3) is 11.0 Å². The summed E-state index contributed by atoms with van der Waals surface area (Å²) in [6, 6.07) is 2.88. The van der Waals surface area contributed by atoms with Crippen LogP contribution in [-0.2, 0) is 11.3 Å². The molecule has 23 heavy (non-hydrogen) atoms. The fraction of sp³-hybridized carbons (Fsp3) is 0.500. The molecule has 0 fully saturated rings. The lowest BCUT2D eigenvalue weighted by atomic mass is 10.2. The summed E-state index contributed by atoms with van der Waals surface area (Å²) < 4.78 is 20.3. The van der Waals surface area contributed by atoms with Gasteiger partial charge in [-0.2, -0.15) is 0 Å². The van der Waals surface area contributed by atoms with Crippen LogP contribution in [0.5, 0.6) is 0 Å². The summed E-state index contributed by atoms with van der Waals surface area (Å²) in [5, 5.41) is 12.8. The number of aliphatic hydroxyl groups is 1. The highest BCUT2D eigenvalue weighted by Crippen LogP contribution is 2.23. The SMILES string of the molecule is CC(CNC(=O)OC(C)(C)C)n1c(CO)cc2cc(F)cnc21. The Hall–Kier alpha value is -2.15. The summed E-state index contributed by atoms with van der Waals surface area (Å²) in [4.78, 5) is 15.8.